The first-order valence-corrected chi connectivity index (χ1v) is 6.35. The molecule has 0 saturated carbocycles. The lowest BCUT2D eigenvalue weighted by Gasteiger charge is -2.10. The van der Waals surface area contributed by atoms with Crippen LogP contribution in [0.2, 0.25) is 0 Å². The lowest BCUT2D eigenvalue weighted by atomic mass is 10.3. The molecule has 1 aromatic rings. The van der Waals surface area contributed by atoms with E-state index in [0.717, 1.165) is 0 Å². The van der Waals surface area contributed by atoms with Gasteiger partial charge in [-0.2, -0.15) is 0 Å². The van der Waals surface area contributed by atoms with Crippen molar-refractivity contribution in [1.29, 1.82) is 0 Å². The molecule has 0 bridgehead atoms. The molecule has 0 heterocycles. The van der Waals surface area contributed by atoms with E-state index in [1.54, 1.807) is 24.3 Å². The van der Waals surface area contributed by atoms with Crippen molar-refractivity contribution in [3.63, 3.8) is 0 Å². The molecule has 0 radical (unpaired) electrons. The maximum Gasteiger partial charge on any atom is 0.241 e. The summed E-state index contributed by atoms with van der Waals surface area (Å²) in [4.78, 5) is 11.2. The summed E-state index contributed by atoms with van der Waals surface area (Å²) in [7, 11) is -3.52. The summed E-state index contributed by atoms with van der Waals surface area (Å²) in [6.07, 6.45) is 3.17. The first kappa shape index (κ1) is 11.0. The summed E-state index contributed by atoms with van der Waals surface area (Å²) >= 11 is 0. The van der Waals surface area contributed by atoms with Gasteiger partial charge in [0.25, 0.3) is 0 Å². The van der Waals surface area contributed by atoms with E-state index in [0.29, 0.717) is 0 Å². The molecular formula is C11H11NO3S. The van der Waals surface area contributed by atoms with Gasteiger partial charge in [-0.05, 0) is 18.2 Å². The Morgan fingerprint density at radius 1 is 1.19 bits per heavy atom. The molecule has 5 heteroatoms. The summed E-state index contributed by atoms with van der Waals surface area (Å²) < 4.78 is 26.1. The molecule has 0 aliphatic heterocycles. The van der Waals surface area contributed by atoms with E-state index < -0.39 is 16.1 Å². The fraction of sp³-hybridized carbons (Fsp3) is 0.182. The molecule has 0 saturated heterocycles. The highest BCUT2D eigenvalue weighted by Crippen LogP contribution is 2.12. The Labute approximate surface area is 94.0 Å². The van der Waals surface area contributed by atoms with Crippen LogP contribution >= 0.6 is 0 Å². The van der Waals surface area contributed by atoms with Crippen LogP contribution in [0.3, 0.4) is 0 Å². The van der Waals surface area contributed by atoms with Gasteiger partial charge in [-0.25, -0.2) is 13.1 Å². The number of hydrogen-bond acceptors (Lipinski definition) is 3. The van der Waals surface area contributed by atoms with Crippen LogP contribution in [0, 0.1) is 0 Å². The second-order valence-corrected chi connectivity index (χ2v) is 5.28. The molecule has 0 aromatic heterocycles. The van der Waals surface area contributed by atoms with E-state index in [1.165, 1.54) is 18.2 Å². The Balaban J connectivity index is 2.16. The summed E-state index contributed by atoms with van der Waals surface area (Å²) in [5.41, 5.74) is 0. The summed E-state index contributed by atoms with van der Waals surface area (Å²) in [6, 6.07) is 7.68. The van der Waals surface area contributed by atoms with Crippen LogP contribution in [-0.2, 0) is 14.8 Å². The first-order chi connectivity index (χ1) is 7.58. The monoisotopic (exact) mass is 237 g/mol. The number of allylic oxidation sites excluding steroid dienone is 1. The standard InChI is InChI=1S/C11H11NO3S/c13-10-7-6-9(8-10)12-16(14,15)11-4-2-1-3-5-11/h1-7,9,12H,8H2. The molecule has 2 rings (SSSR count). The lowest BCUT2D eigenvalue weighted by Crippen LogP contribution is -2.32. The van der Waals surface area contributed by atoms with Gasteiger partial charge in [-0.15, -0.1) is 0 Å². The molecule has 84 valence electrons. The van der Waals surface area contributed by atoms with Gasteiger partial charge in [0, 0.05) is 12.5 Å². The number of nitrogens with one attached hydrogen (secondary N) is 1. The summed E-state index contributed by atoms with van der Waals surface area (Å²) in [6.45, 7) is 0. The average molecular weight is 237 g/mol. The molecule has 4 nitrogen and oxygen atoms in total. The molecule has 1 unspecified atom stereocenters. The Morgan fingerprint density at radius 3 is 2.44 bits per heavy atom. The van der Waals surface area contributed by atoms with Crippen molar-refractivity contribution < 1.29 is 13.2 Å². The minimum atomic E-state index is -3.52. The van der Waals surface area contributed by atoms with Crippen molar-refractivity contribution in [2.75, 3.05) is 0 Å². The van der Waals surface area contributed by atoms with Gasteiger partial charge in [0.15, 0.2) is 5.78 Å². The molecule has 1 atom stereocenters. The van der Waals surface area contributed by atoms with Crippen LogP contribution in [0.15, 0.2) is 47.4 Å². The Hall–Kier alpha value is -1.46. The van der Waals surface area contributed by atoms with E-state index >= 15 is 0 Å². The number of benzene rings is 1. The average Bonchev–Trinajstić information content (AvgIpc) is 2.64. The first-order valence-electron chi connectivity index (χ1n) is 4.86. The van der Waals surface area contributed by atoms with Gasteiger partial charge in [0.2, 0.25) is 10.0 Å². The maximum absolute atomic E-state index is 11.8. The highest BCUT2D eigenvalue weighted by Gasteiger charge is 2.22. The number of carbonyl (C=O) groups excluding carboxylic acids is 1. The molecule has 1 aliphatic rings. The van der Waals surface area contributed by atoms with Crippen LogP contribution < -0.4 is 4.72 Å². The molecule has 0 spiro atoms. The van der Waals surface area contributed by atoms with Crippen molar-refractivity contribution in [3.8, 4) is 0 Å². The summed E-state index contributed by atoms with van der Waals surface area (Å²) in [5, 5.41) is 0. The van der Waals surface area contributed by atoms with Crippen molar-refractivity contribution in [2.45, 2.75) is 17.4 Å². The second-order valence-electron chi connectivity index (χ2n) is 3.57. The van der Waals surface area contributed by atoms with Crippen LogP contribution in [0.25, 0.3) is 0 Å². The number of rotatable bonds is 3. The third-order valence-electron chi connectivity index (χ3n) is 2.30. The fourth-order valence-corrected chi connectivity index (χ4v) is 2.74. The van der Waals surface area contributed by atoms with Gasteiger partial charge in [0.05, 0.1) is 4.90 Å². The van der Waals surface area contributed by atoms with E-state index in [9.17, 15) is 13.2 Å². The zero-order valence-electron chi connectivity index (χ0n) is 8.46. The van der Waals surface area contributed by atoms with Crippen molar-refractivity contribution in [2.24, 2.45) is 0 Å². The number of sulfonamides is 1. The maximum atomic E-state index is 11.8. The minimum absolute atomic E-state index is 0.0549. The molecule has 16 heavy (non-hydrogen) atoms. The van der Waals surface area contributed by atoms with E-state index in [4.69, 9.17) is 0 Å². The van der Waals surface area contributed by atoms with Gasteiger partial charge in [-0.3, -0.25) is 4.79 Å². The molecule has 0 fully saturated rings. The minimum Gasteiger partial charge on any atom is -0.295 e. The molecule has 1 aromatic carbocycles. The van der Waals surface area contributed by atoms with Crippen LogP contribution in [0.4, 0.5) is 0 Å². The Kier molecular flexibility index (Phi) is 2.89. The van der Waals surface area contributed by atoms with Crippen molar-refractivity contribution in [3.05, 3.63) is 42.5 Å². The smallest absolute Gasteiger partial charge is 0.241 e. The predicted molar refractivity (Wildman–Crippen MR) is 59.3 cm³/mol. The molecule has 1 aliphatic carbocycles. The number of carbonyl (C=O) groups is 1. The third-order valence-corrected chi connectivity index (χ3v) is 3.80. The third kappa shape index (κ3) is 2.37. The quantitative estimate of drug-likeness (QED) is 0.848. The largest absolute Gasteiger partial charge is 0.295 e. The molecular weight excluding hydrogens is 226 g/mol. The highest BCUT2D eigenvalue weighted by atomic mass is 32.2. The number of ketones is 1. The van der Waals surface area contributed by atoms with Gasteiger partial charge >= 0.3 is 0 Å². The SMILES string of the molecule is O=C1C=CC(NS(=O)(=O)c2ccccc2)C1. The van der Waals surface area contributed by atoms with Gasteiger partial charge in [0.1, 0.15) is 0 Å². The van der Waals surface area contributed by atoms with Crippen LogP contribution in [-0.4, -0.2) is 20.2 Å². The zero-order valence-corrected chi connectivity index (χ0v) is 9.28. The van der Waals surface area contributed by atoms with Crippen LogP contribution in [0.5, 0.6) is 0 Å². The highest BCUT2D eigenvalue weighted by molar-refractivity contribution is 7.89. The fourth-order valence-electron chi connectivity index (χ4n) is 1.52. The number of hydrogen-bond donors (Lipinski definition) is 1. The lowest BCUT2D eigenvalue weighted by molar-refractivity contribution is -0.114. The predicted octanol–water partition coefficient (Wildman–Crippen LogP) is 0.862. The van der Waals surface area contributed by atoms with E-state index in [2.05, 4.69) is 4.72 Å². The molecule has 1 N–H and O–H groups in total. The van der Waals surface area contributed by atoms with Gasteiger partial charge in [-0.1, -0.05) is 24.3 Å². The van der Waals surface area contributed by atoms with E-state index in [1.807, 2.05) is 0 Å². The second kappa shape index (κ2) is 4.19. The molecule has 0 amide bonds. The van der Waals surface area contributed by atoms with Crippen molar-refractivity contribution in [1.82, 2.24) is 4.72 Å². The summed E-state index contributed by atoms with van der Waals surface area (Å²) in [5.74, 6) is -0.0549. The Bertz CT molecular complexity index is 519. The van der Waals surface area contributed by atoms with Crippen LogP contribution in [0.1, 0.15) is 6.42 Å². The normalized spacial score (nSPS) is 20.2. The topological polar surface area (TPSA) is 63.2 Å². The van der Waals surface area contributed by atoms with Crippen molar-refractivity contribution >= 4 is 15.8 Å². The Morgan fingerprint density at radius 2 is 1.88 bits per heavy atom. The zero-order chi connectivity index (χ0) is 11.6. The van der Waals surface area contributed by atoms with Gasteiger partial charge < -0.3 is 0 Å². The van der Waals surface area contributed by atoms with E-state index in [-0.39, 0.29) is 17.1 Å².